The van der Waals surface area contributed by atoms with Crippen molar-refractivity contribution in [2.45, 2.75) is 44.1 Å². The van der Waals surface area contributed by atoms with E-state index in [9.17, 15) is 18.0 Å². The summed E-state index contributed by atoms with van der Waals surface area (Å²) in [4.78, 5) is 25.4. The number of ether oxygens (including phenoxy) is 2. The summed E-state index contributed by atoms with van der Waals surface area (Å²) in [5, 5.41) is 0. The van der Waals surface area contributed by atoms with E-state index in [0.29, 0.717) is 5.56 Å². The van der Waals surface area contributed by atoms with Crippen LogP contribution in [0, 0.1) is 5.92 Å². The van der Waals surface area contributed by atoms with E-state index in [1.807, 2.05) is 0 Å². The molecule has 2 N–H and O–H groups in total. The predicted octanol–water partition coefficient (Wildman–Crippen LogP) is 3.02. The normalized spacial score (nSPS) is 13.7. The van der Waals surface area contributed by atoms with Crippen LogP contribution in [0.2, 0.25) is 0 Å². The molecule has 32 heavy (non-hydrogen) atoms. The van der Waals surface area contributed by atoms with Gasteiger partial charge in [-0.25, -0.2) is 0 Å². The number of rotatable bonds is 9. The minimum atomic E-state index is -4.01. The van der Waals surface area contributed by atoms with Crippen molar-refractivity contribution in [3.63, 3.8) is 0 Å². The molecule has 2 aromatic rings. The lowest BCUT2D eigenvalue weighted by Gasteiger charge is -2.28. The van der Waals surface area contributed by atoms with Crippen LogP contribution < -0.4 is 9.92 Å². The van der Waals surface area contributed by atoms with E-state index in [2.05, 4.69) is 0 Å². The highest BCUT2D eigenvalue weighted by Gasteiger charge is 2.38. The number of benzene rings is 2. The Balaban J connectivity index is 2.35. The van der Waals surface area contributed by atoms with Crippen molar-refractivity contribution in [3.05, 3.63) is 60.2 Å². The summed E-state index contributed by atoms with van der Waals surface area (Å²) in [6.45, 7) is 6.82. The second-order valence-corrected chi connectivity index (χ2v) is 9.57. The molecule has 0 aliphatic rings. The number of nitrogens with two attached hydrogens (primary N) is 1. The van der Waals surface area contributed by atoms with Gasteiger partial charge in [0.1, 0.15) is 16.2 Å². The van der Waals surface area contributed by atoms with Crippen molar-refractivity contribution in [3.8, 4) is 5.75 Å². The standard InChI is InChI=1S/C23H29NO7S/c1-5-29-21(25)19(15-24)20(22(26)30-23(2,3)4)16-11-13-17(14-12-16)31-32(27,28)18-9-7-6-8-10-18/h6-14,19-20H,5,15,24H2,1-4H3. The largest absolute Gasteiger partial charge is 0.466 e. The van der Waals surface area contributed by atoms with E-state index >= 15 is 0 Å². The molecule has 2 atom stereocenters. The zero-order valence-electron chi connectivity index (χ0n) is 18.6. The monoisotopic (exact) mass is 463 g/mol. The molecule has 0 saturated heterocycles. The lowest BCUT2D eigenvalue weighted by Crippen LogP contribution is -2.38. The number of carbonyl (C=O) groups is 2. The molecule has 2 rings (SSSR count). The molecule has 2 aromatic carbocycles. The van der Waals surface area contributed by atoms with Gasteiger partial charge in [-0.05, 0) is 57.5 Å². The first-order chi connectivity index (χ1) is 15.0. The molecular weight excluding hydrogens is 434 g/mol. The summed E-state index contributed by atoms with van der Waals surface area (Å²) in [5.74, 6) is -3.19. The highest BCUT2D eigenvalue weighted by atomic mass is 32.2. The highest BCUT2D eigenvalue weighted by molar-refractivity contribution is 7.87. The number of hydrogen-bond donors (Lipinski definition) is 1. The summed E-state index contributed by atoms with van der Waals surface area (Å²) >= 11 is 0. The van der Waals surface area contributed by atoms with Crippen LogP contribution in [0.4, 0.5) is 0 Å². The van der Waals surface area contributed by atoms with E-state index < -0.39 is 39.5 Å². The van der Waals surface area contributed by atoms with Gasteiger partial charge >= 0.3 is 22.1 Å². The molecular formula is C23H29NO7S. The zero-order valence-corrected chi connectivity index (χ0v) is 19.4. The fourth-order valence-electron chi connectivity index (χ4n) is 3.01. The number of carbonyl (C=O) groups excluding carboxylic acids is 2. The maximum atomic E-state index is 13.0. The van der Waals surface area contributed by atoms with E-state index in [4.69, 9.17) is 19.4 Å². The third-order valence-corrected chi connectivity index (χ3v) is 5.64. The van der Waals surface area contributed by atoms with Crippen LogP contribution in [0.5, 0.6) is 5.75 Å². The minimum absolute atomic E-state index is 0.0150. The average Bonchev–Trinajstić information content (AvgIpc) is 2.72. The van der Waals surface area contributed by atoms with Crippen molar-refractivity contribution >= 4 is 22.1 Å². The quantitative estimate of drug-likeness (QED) is 0.445. The molecule has 0 saturated carbocycles. The summed E-state index contributed by atoms with van der Waals surface area (Å²) in [7, 11) is -4.01. The second-order valence-electron chi connectivity index (χ2n) is 8.02. The molecule has 174 valence electrons. The van der Waals surface area contributed by atoms with Crippen LogP contribution in [0.3, 0.4) is 0 Å². The van der Waals surface area contributed by atoms with Crippen LogP contribution in [0.15, 0.2) is 59.5 Å². The van der Waals surface area contributed by atoms with Crippen molar-refractivity contribution in [1.82, 2.24) is 0 Å². The average molecular weight is 464 g/mol. The molecule has 0 bridgehead atoms. The van der Waals surface area contributed by atoms with Gasteiger partial charge in [-0.2, -0.15) is 8.42 Å². The minimum Gasteiger partial charge on any atom is -0.466 e. The third kappa shape index (κ3) is 6.80. The van der Waals surface area contributed by atoms with Gasteiger partial charge in [0.05, 0.1) is 18.4 Å². The summed E-state index contributed by atoms with van der Waals surface area (Å²) in [6.07, 6.45) is 0. The van der Waals surface area contributed by atoms with Crippen LogP contribution in [0.1, 0.15) is 39.2 Å². The Morgan fingerprint density at radius 2 is 1.56 bits per heavy atom. The molecule has 0 aliphatic heterocycles. The Hall–Kier alpha value is -2.91. The van der Waals surface area contributed by atoms with Crippen LogP contribution in [-0.2, 0) is 29.2 Å². The van der Waals surface area contributed by atoms with Gasteiger partial charge in [-0.3, -0.25) is 9.59 Å². The van der Waals surface area contributed by atoms with E-state index in [-0.39, 0.29) is 23.8 Å². The van der Waals surface area contributed by atoms with Crippen LogP contribution >= 0.6 is 0 Å². The van der Waals surface area contributed by atoms with Gasteiger partial charge in [0.25, 0.3) is 0 Å². The molecule has 9 heteroatoms. The van der Waals surface area contributed by atoms with Gasteiger partial charge in [-0.1, -0.05) is 30.3 Å². The molecule has 0 aromatic heterocycles. The highest BCUT2D eigenvalue weighted by Crippen LogP contribution is 2.31. The molecule has 2 unspecified atom stereocenters. The Morgan fingerprint density at radius 1 is 0.969 bits per heavy atom. The van der Waals surface area contributed by atoms with Gasteiger partial charge in [0, 0.05) is 6.54 Å². The van der Waals surface area contributed by atoms with Crippen LogP contribution in [-0.4, -0.2) is 39.1 Å². The first kappa shape index (κ1) is 25.4. The summed E-state index contributed by atoms with van der Waals surface area (Å²) in [6, 6.07) is 13.6. The third-order valence-electron chi connectivity index (χ3n) is 4.38. The molecule has 0 heterocycles. The Bertz CT molecular complexity index is 1010. The van der Waals surface area contributed by atoms with Gasteiger partial charge in [-0.15, -0.1) is 0 Å². The Morgan fingerprint density at radius 3 is 2.06 bits per heavy atom. The van der Waals surface area contributed by atoms with Crippen molar-refractivity contribution in [1.29, 1.82) is 0 Å². The zero-order chi connectivity index (χ0) is 23.9. The van der Waals surface area contributed by atoms with Gasteiger partial charge in [0.15, 0.2) is 0 Å². The maximum Gasteiger partial charge on any atom is 0.339 e. The second kappa shape index (κ2) is 10.6. The number of esters is 2. The van der Waals surface area contributed by atoms with Crippen molar-refractivity contribution in [2.24, 2.45) is 11.7 Å². The SMILES string of the molecule is CCOC(=O)C(CN)C(C(=O)OC(C)(C)C)c1ccc(OS(=O)(=O)c2ccccc2)cc1. The van der Waals surface area contributed by atoms with Gasteiger partial charge < -0.3 is 19.4 Å². The number of hydrogen-bond acceptors (Lipinski definition) is 8. The smallest absolute Gasteiger partial charge is 0.339 e. The molecule has 8 nitrogen and oxygen atoms in total. The first-order valence-electron chi connectivity index (χ1n) is 10.2. The molecule has 0 radical (unpaired) electrons. The first-order valence-corrected chi connectivity index (χ1v) is 11.6. The molecule has 0 aliphatic carbocycles. The van der Waals surface area contributed by atoms with Crippen LogP contribution in [0.25, 0.3) is 0 Å². The summed E-state index contributed by atoms with van der Waals surface area (Å²) in [5.41, 5.74) is 5.45. The predicted molar refractivity (Wildman–Crippen MR) is 118 cm³/mol. The molecule has 0 fully saturated rings. The van der Waals surface area contributed by atoms with Crippen molar-refractivity contribution < 1.29 is 31.7 Å². The fourth-order valence-corrected chi connectivity index (χ4v) is 3.96. The van der Waals surface area contributed by atoms with Crippen molar-refractivity contribution in [2.75, 3.05) is 13.2 Å². The molecule has 0 amide bonds. The lowest BCUT2D eigenvalue weighted by atomic mass is 9.85. The lowest BCUT2D eigenvalue weighted by molar-refractivity contribution is -0.163. The fraction of sp³-hybridized carbons (Fsp3) is 0.391. The molecule has 0 spiro atoms. The summed E-state index contributed by atoms with van der Waals surface area (Å²) < 4.78 is 40.6. The van der Waals surface area contributed by atoms with Gasteiger partial charge in [0.2, 0.25) is 0 Å². The van der Waals surface area contributed by atoms with E-state index in [1.165, 1.54) is 36.4 Å². The topological polar surface area (TPSA) is 122 Å². The Labute approximate surface area is 188 Å². The maximum absolute atomic E-state index is 13.0. The van der Waals surface area contributed by atoms with E-state index in [0.717, 1.165) is 0 Å². The van der Waals surface area contributed by atoms with E-state index in [1.54, 1.807) is 45.9 Å². The Kier molecular flexibility index (Phi) is 8.40.